The summed E-state index contributed by atoms with van der Waals surface area (Å²) in [6.45, 7) is 0. The molecule has 0 aliphatic heterocycles. The van der Waals surface area contributed by atoms with Crippen molar-refractivity contribution in [3.8, 4) is 5.75 Å². The summed E-state index contributed by atoms with van der Waals surface area (Å²) < 4.78 is 5.04. The van der Waals surface area contributed by atoms with Crippen LogP contribution in [0.5, 0.6) is 5.75 Å². The van der Waals surface area contributed by atoms with Gasteiger partial charge in [0.2, 0.25) is 0 Å². The Morgan fingerprint density at radius 1 is 0.917 bits per heavy atom. The van der Waals surface area contributed by atoms with Gasteiger partial charge in [-0.25, -0.2) is 0 Å². The van der Waals surface area contributed by atoms with Crippen molar-refractivity contribution in [1.82, 2.24) is 0 Å². The third-order valence-electron chi connectivity index (χ3n) is 3.38. The minimum absolute atomic E-state index is 0.0487. The Bertz CT molecular complexity index is 735. The summed E-state index contributed by atoms with van der Waals surface area (Å²) in [6, 6.07) is 13.0. The highest BCUT2D eigenvalue weighted by molar-refractivity contribution is 6.04. The number of ether oxygens (including phenoxy) is 1. The van der Waals surface area contributed by atoms with Crippen LogP contribution in [0, 0.1) is 0 Å². The highest BCUT2D eigenvalue weighted by Gasteiger charge is 2.10. The van der Waals surface area contributed by atoms with E-state index in [1.165, 1.54) is 0 Å². The fourth-order valence-corrected chi connectivity index (χ4v) is 2.05. The average molecular weight is 327 g/mol. The number of ketones is 1. The van der Waals surface area contributed by atoms with Gasteiger partial charge in [0.25, 0.3) is 5.91 Å². The summed E-state index contributed by atoms with van der Waals surface area (Å²) in [6.07, 6.45) is -0.248. The van der Waals surface area contributed by atoms with Crippen LogP contribution >= 0.6 is 0 Å². The lowest BCUT2D eigenvalue weighted by atomic mass is 10.1. The number of anilines is 1. The van der Waals surface area contributed by atoms with Crippen LogP contribution < -0.4 is 10.1 Å². The van der Waals surface area contributed by atoms with Gasteiger partial charge in [-0.3, -0.25) is 14.4 Å². The van der Waals surface area contributed by atoms with Crippen molar-refractivity contribution >= 4 is 23.3 Å². The molecule has 0 radical (unpaired) electrons. The smallest absolute Gasteiger partial charge is 0.303 e. The fraction of sp³-hybridized carbons (Fsp3) is 0.167. The Balaban J connectivity index is 1.98. The van der Waals surface area contributed by atoms with E-state index in [1.807, 2.05) is 0 Å². The summed E-state index contributed by atoms with van der Waals surface area (Å²) >= 11 is 0. The molecule has 0 fully saturated rings. The molecule has 0 heterocycles. The van der Waals surface area contributed by atoms with E-state index in [1.54, 1.807) is 55.6 Å². The summed E-state index contributed by atoms with van der Waals surface area (Å²) in [5.74, 6) is -0.865. The van der Waals surface area contributed by atoms with Gasteiger partial charge >= 0.3 is 5.97 Å². The number of benzene rings is 2. The van der Waals surface area contributed by atoms with Crippen molar-refractivity contribution in [2.75, 3.05) is 12.4 Å². The van der Waals surface area contributed by atoms with E-state index in [-0.39, 0.29) is 24.5 Å². The molecule has 0 saturated carbocycles. The number of carboxylic acids is 1. The van der Waals surface area contributed by atoms with Gasteiger partial charge in [-0.2, -0.15) is 0 Å². The van der Waals surface area contributed by atoms with Crippen molar-refractivity contribution in [3.05, 3.63) is 59.7 Å². The van der Waals surface area contributed by atoms with Gasteiger partial charge in [0.15, 0.2) is 5.78 Å². The number of rotatable bonds is 7. The Hall–Kier alpha value is -3.15. The predicted molar refractivity (Wildman–Crippen MR) is 88.6 cm³/mol. The molecule has 0 bridgehead atoms. The second kappa shape index (κ2) is 7.92. The summed E-state index contributed by atoms with van der Waals surface area (Å²) in [5, 5.41) is 11.3. The maximum absolute atomic E-state index is 12.1. The third kappa shape index (κ3) is 4.67. The van der Waals surface area contributed by atoms with Crippen molar-refractivity contribution in [2.24, 2.45) is 0 Å². The maximum atomic E-state index is 12.1. The molecule has 0 spiro atoms. The Labute approximate surface area is 139 Å². The topological polar surface area (TPSA) is 92.7 Å². The zero-order valence-corrected chi connectivity index (χ0v) is 13.1. The lowest BCUT2D eigenvalue weighted by molar-refractivity contribution is -0.136. The lowest BCUT2D eigenvalue weighted by Crippen LogP contribution is -2.12. The Morgan fingerprint density at radius 2 is 1.50 bits per heavy atom. The molecule has 0 aromatic heterocycles. The van der Waals surface area contributed by atoms with E-state index in [0.717, 1.165) is 0 Å². The van der Waals surface area contributed by atoms with Crippen molar-refractivity contribution < 1.29 is 24.2 Å². The molecular weight excluding hydrogens is 310 g/mol. The highest BCUT2D eigenvalue weighted by atomic mass is 16.5. The van der Waals surface area contributed by atoms with E-state index in [9.17, 15) is 14.4 Å². The summed E-state index contributed by atoms with van der Waals surface area (Å²) in [5.41, 5.74) is 1.45. The molecule has 0 atom stereocenters. The first kappa shape index (κ1) is 17.2. The van der Waals surface area contributed by atoms with Crippen LogP contribution in [0.4, 0.5) is 5.69 Å². The minimum atomic E-state index is -1.01. The number of aliphatic carboxylic acids is 1. The van der Waals surface area contributed by atoms with E-state index < -0.39 is 5.97 Å². The zero-order valence-electron chi connectivity index (χ0n) is 13.1. The number of hydrogen-bond acceptors (Lipinski definition) is 4. The SMILES string of the molecule is COc1ccc(C(=O)Nc2ccc(C(=O)CCC(=O)O)cc2)cc1. The quantitative estimate of drug-likeness (QED) is 0.763. The van der Waals surface area contributed by atoms with Crippen molar-refractivity contribution in [1.29, 1.82) is 0 Å². The second-order valence-electron chi connectivity index (χ2n) is 5.08. The first-order valence-electron chi connectivity index (χ1n) is 7.30. The van der Waals surface area contributed by atoms with Crippen molar-refractivity contribution in [3.63, 3.8) is 0 Å². The number of amides is 1. The van der Waals surface area contributed by atoms with Gasteiger partial charge in [-0.05, 0) is 48.5 Å². The molecule has 124 valence electrons. The molecule has 6 nitrogen and oxygen atoms in total. The Kier molecular flexibility index (Phi) is 5.68. The summed E-state index contributed by atoms with van der Waals surface area (Å²) in [4.78, 5) is 34.4. The normalized spacial score (nSPS) is 10.0. The van der Waals surface area contributed by atoms with Crippen LogP contribution in [0.15, 0.2) is 48.5 Å². The molecule has 2 aromatic carbocycles. The minimum Gasteiger partial charge on any atom is -0.497 e. The van der Waals surface area contributed by atoms with Gasteiger partial charge in [0.05, 0.1) is 13.5 Å². The number of carbonyl (C=O) groups excluding carboxylic acids is 2. The van der Waals surface area contributed by atoms with Crippen LogP contribution in [0.25, 0.3) is 0 Å². The van der Waals surface area contributed by atoms with Crippen molar-refractivity contribution in [2.45, 2.75) is 12.8 Å². The van der Waals surface area contributed by atoms with Gasteiger partial charge < -0.3 is 15.2 Å². The molecule has 2 aromatic rings. The first-order valence-corrected chi connectivity index (χ1v) is 7.30. The third-order valence-corrected chi connectivity index (χ3v) is 3.38. The van der Waals surface area contributed by atoms with Gasteiger partial charge in [0, 0.05) is 23.2 Å². The second-order valence-corrected chi connectivity index (χ2v) is 5.08. The van der Waals surface area contributed by atoms with E-state index >= 15 is 0 Å². The maximum Gasteiger partial charge on any atom is 0.303 e. The molecule has 0 aliphatic rings. The number of carboxylic acid groups (broad SMARTS) is 1. The van der Waals surface area contributed by atoms with Crippen LogP contribution in [-0.2, 0) is 4.79 Å². The molecular formula is C18H17NO5. The summed E-state index contributed by atoms with van der Waals surface area (Å²) in [7, 11) is 1.55. The molecule has 0 aliphatic carbocycles. The predicted octanol–water partition coefficient (Wildman–Crippen LogP) is 3.00. The zero-order chi connectivity index (χ0) is 17.5. The van der Waals surface area contributed by atoms with Crippen LogP contribution in [0.3, 0.4) is 0 Å². The molecule has 0 saturated heterocycles. The largest absolute Gasteiger partial charge is 0.497 e. The van der Waals surface area contributed by atoms with Gasteiger partial charge in [-0.1, -0.05) is 0 Å². The molecule has 6 heteroatoms. The van der Waals surface area contributed by atoms with Gasteiger partial charge in [0.1, 0.15) is 5.75 Å². The molecule has 2 rings (SSSR count). The fourth-order valence-electron chi connectivity index (χ4n) is 2.05. The standard InChI is InChI=1S/C18H17NO5/c1-24-15-8-4-13(5-9-15)18(23)19-14-6-2-12(3-7-14)16(20)10-11-17(21)22/h2-9H,10-11H2,1H3,(H,19,23)(H,21,22). The first-order chi connectivity index (χ1) is 11.5. The molecule has 0 unspecified atom stereocenters. The number of carbonyl (C=O) groups is 3. The van der Waals surface area contributed by atoms with Gasteiger partial charge in [-0.15, -0.1) is 0 Å². The Morgan fingerprint density at radius 3 is 2.04 bits per heavy atom. The monoisotopic (exact) mass is 327 g/mol. The lowest BCUT2D eigenvalue weighted by Gasteiger charge is -2.07. The van der Waals surface area contributed by atoms with Crippen LogP contribution in [0.1, 0.15) is 33.6 Å². The molecule has 2 N–H and O–H groups in total. The van der Waals surface area contributed by atoms with E-state index in [0.29, 0.717) is 22.6 Å². The number of hydrogen-bond donors (Lipinski definition) is 2. The van der Waals surface area contributed by atoms with Crippen LogP contribution in [0.2, 0.25) is 0 Å². The number of methoxy groups -OCH3 is 1. The molecule has 1 amide bonds. The number of Topliss-reactive ketones (excluding diaryl/α,β-unsaturated/α-hetero) is 1. The average Bonchev–Trinajstić information content (AvgIpc) is 2.60. The molecule has 24 heavy (non-hydrogen) atoms. The van der Waals surface area contributed by atoms with Crippen LogP contribution in [-0.4, -0.2) is 29.9 Å². The van der Waals surface area contributed by atoms with E-state index in [4.69, 9.17) is 9.84 Å². The highest BCUT2D eigenvalue weighted by Crippen LogP contribution is 2.15. The van der Waals surface area contributed by atoms with E-state index in [2.05, 4.69) is 5.32 Å². The number of nitrogens with one attached hydrogen (secondary N) is 1.